The van der Waals surface area contributed by atoms with Crippen molar-refractivity contribution in [3.63, 3.8) is 0 Å². The average Bonchev–Trinajstić information content (AvgIpc) is 3.13. The molecule has 7 heteroatoms. The van der Waals surface area contributed by atoms with Crippen LogP contribution in [-0.2, 0) is 14.4 Å². The second kappa shape index (κ2) is 6.62. The molecule has 0 N–H and O–H groups in total. The van der Waals surface area contributed by atoms with E-state index in [4.69, 9.17) is 11.6 Å². The zero-order valence-electron chi connectivity index (χ0n) is 14.4. The first kappa shape index (κ1) is 17.9. The van der Waals surface area contributed by atoms with Crippen LogP contribution in [0.1, 0.15) is 18.9 Å². The summed E-state index contributed by atoms with van der Waals surface area (Å²) in [4.78, 5) is 43.6. The average molecular weight is 399 g/mol. The predicted molar refractivity (Wildman–Crippen MR) is 106 cm³/mol. The van der Waals surface area contributed by atoms with E-state index in [-0.39, 0.29) is 18.2 Å². The molecule has 0 aromatic heterocycles. The van der Waals surface area contributed by atoms with Crippen LogP contribution < -0.4 is 4.90 Å². The number of thioether (sulfide) groups is 1. The number of hydrogen-bond acceptors (Lipinski definition) is 4. The molecule has 0 unspecified atom stereocenters. The fourth-order valence-electron chi connectivity index (χ4n) is 3.34. The molecule has 2 aromatic carbocycles. The summed E-state index contributed by atoms with van der Waals surface area (Å²) in [6, 6.07) is 15.9. The van der Waals surface area contributed by atoms with Gasteiger partial charge < -0.3 is 0 Å². The van der Waals surface area contributed by atoms with E-state index < -0.39 is 16.6 Å². The number of carbonyl (C=O) groups excluding carboxylic acids is 3. The highest BCUT2D eigenvalue weighted by molar-refractivity contribution is 8.16. The summed E-state index contributed by atoms with van der Waals surface area (Å²) < 4.78 is -1.11. The van der Waals surface area contributed by atoms with Gasteiger partial charge in [-0.3, -0.25) is 19.3 Å². The molecule has 0 aliphatic carbocycles. The summed E-state index contributed by atoms with van der Waals surface area (Å²) in [5.74, 6) is -1.89. The minimum Gasteiger partial charge on any atom is -0.274 e. The molecule has 2 aromatic rings. The van der Waals surface area contributed by atoms with Gasteiger partial charge in [-0.2, -0.15) is 0 Å². The number of carbonyl (C=O) groups is 3. The molecule has 0 saturated carbocycles. The van der Waals surface area contributed by atoms with Crippen molar-refractivity contribution in [3.8, 4) is 0 Å². The van der Waals surface area contributed by atoms with Crippen LogP contribution >= 0.6 is 23.4 Å². The van der Waals surface area contributed by atoms with Gasteiger partial charge in [0.2, 0.25) is 11.8 Å². The van der Waals surface area contributed by atoms with Crippen molar-refractivity contribution in [1.82, 2.24) is 0 Å². The maximum Gasteiger partial charge on any atom is 0.263 e. The Bertz CT molecular complexity index is 992. The van der Waals surface area contributed by atoms with Crippen LogP contribution in [-0.4, -0.2) is 27.5 Å². The number of nitrogens with zero attached hydrogens (tertiary/aromatic N) is 2. The third-order valence-corrected chi connectivity index (χ3v) is 6.47. The Labute approximate surface area is 165 Å². The number of anilines is 1. The second-order valence-electron chi connectivity index (χ2n) is 6.60. The molecule has 0 spiro atoms. The zero-order valence-corrected chi connectivity index (χ0v) is 16.0. The first-order valence-corrected chi connectivity index (χ1v) is 9.59. The van der Waals surface area contributed by atoms with Crippen LogP contribution in [0.5, 0.6) is 0 Å². The summed E-state index contributed by atoms with van der Waals surface area (Å²) in [5.41, 5.74) is 1.24. The number of imide groups is 1. The third-order valence-electron chi connectivity index (χ3n) is 4.84. The lowest BCUT2D eigenvalue weighted by Gasteiger charge is -2.25. The van der Waals surface area contributed by atoms with Crippen molar-refractivity contribution < 1.29 is 14.4 Å². The fraction of sp³-hybridized carbons (Fsp3) is 0.200. The van der Waals surface area contributed by atoms with Crippen LogP contribution in [0.4, 0.5) is 5.69 Å². The number of benzene rings is 2. The van der Waals surface area contributed by atoms with E-state index in [9.17, 15) is 14.4 Å². The molecule has 3 amide bonds. The van der Waals surface area contributed by atoms with E-state index in [1.54, 1.807) is 31.2 Å². The van der Waals surface area contributed by atoms with Crippen molar-refractivity contribution in [2.75, 3.05) is 4.90 Å². The van der Waals surface area contributed by atoms with E-state index in [0.29, 0.717) is 15.8 Å². The molecule has 2 heterocycles. The Hall–Kier alpha value is -2.44. The standard InChI is InChI=1S/C20H15ClN2O3S/c1-20(19(26)22-17(27-20)12-6-3-2-4-7-12)15-11-16(24)23(18(15)25)14-9-5-8-13(21)10-14/h2-10,15H,11H2,1H3/t15-,20+/m1/s1. The second-order valence-corrected chi connectivity index (χ2v) is 8.48. The van der Waals surface area contributed by atoms with Crippen LogP contribution in [0.2, 0.25) is 5.02 Å². The molecule has 1 fully saturated rings. The molecule has 5 nitrogen and oxygen atoms in total. The molecule has 136 valence electrons. The van der Waals surface area contributed by atoms with Crippen molar-refractivity contribution in [2.45, 2.75) is 18.1 Å². The highest BCUT2D eigenvalue weighted by atomic mass is 35.5. The van der Waals surface area contributed by atoms with E-state index in [1.165, 1.54) is 11.8 Å². The number of halogens is 1. The maximum atomic E-state index is 13.1. The molecule has 27 heavy (non-hydrogen) atoms. The lowest BCUT2D eigenvalue weighted by Crippen LogP contribution is -2.42. The summed E-state index contributed by atoms with van der Waals surface area (Å²) >= 11 is 7.25. The van der Waals surface area contributed by atoms with Crippen LogP contribution in [0.3, 0.4) is 0 Å². The number of rotatable bonds is 3. The molecular weight excluding hydrogens is 384 g/mol. The Kier molecular flexibility index (Phi) is 4.40. The molecule has 0 bridgehead atoms. The van der Waals surface area contributed by atoms with Gasteiger partial charge in [0.25, 0.3) is 5.91 Å². The summed E-state index contributed by atoms with van der Waals surface area (Å²) in [6.07, 6.45) is -0.0296. The Morgan fingerprint density at radius 3 is 2.56 bits per heavy atom. The van der Waals surface area contributed by atoms with Crippen LogP contribution in [0, 0.1) is 5.92 Å². The van der Waals surface area contributed by atoms with Gasteiger partial charge in [-0.15, -0.1) is 0 Å². The van der Waals surface area contributed by atoms with Gasteiger partial charge >= 0.3 is 0 Å². The molecular formula is C20H15ClN2O3S. The third kappa shape index (κ3) is 2.99. The van der Waals surface area contributed by atoms with Crippen LogP contribution in [0.25, 0.3) is 0 Å². The Balaban J connectivity index is 1.63. The van der Waals surface area contributed by atoms with Crippen molar-refractivity contribution in [3.05, 3.63) is 65.2 Å². The monoisotopic (exact) mass is 398 g/mol. The number of hydrogen-bond donors (Lipinski definition) is 0. The number of amides is 3. The van der Waals surface area contributed by atoms with Crippen LogP contribution in [0.15, 0.2) is 59.6 Å². The van der Waals surface area contributed by atoms with Gasteiger partial charge in [0.1, 0.15) is 9.79 Å². The number of aliphatic imine (C=N–C) groups is 1. The summed E-state index contributed by atoms with van der Waals surface area (Å²) in [6.45, 7) is 1.69. The van der Waals surface area contributed by atoms with Gasteiger partial charge in [0, 0.05) is 17.0 Å². The Morgan fingerprint density at radius 2 is 1.85 bits per heavy atom. The van der Waals surface area contributed by atoms with E-state index >= 15 is 0 Å². The first-order valence-electron chi connectivity index (χ1n) is 8.40. The largest absolute Gasteiger partial charge is 0.274 e. The van der Waals surface area contributed by atoms with Gasteiger partial charge in [0.05, 0.1) is 11.6 Å². The van der Waals surface area contributed by atoms with E-state index in [1.807, 2.05) is 30.3 Å². The minimum absolute atomic E-state index is 0.0296. The minimum atomic E-state index is -1.11. The first-order chi connectivity index (χ1) is 12.9. The molecule has 2 aliphatic heterocycles. The highest BCUT2D eigenvalue weighted by Crippen LogP contribution is 2.46. The normalized spacial score (nSPS) is 25.3. The lowest BCUT2D eigenvalue weighted by atomic mass is 9.91. The van der Waals surface area contributed by atoms with E-state index in [2.05, 4.69) is 4.99 Å². The molecule has 2 atom stereocenters. The van der Waals surface area contributed by atoms with Gasteiger partial charge in [0.15, 0.2) is 0 Å². The Morgan fingerprint density at radius 1 is 1.11 bits per heavy atom. The molecule has 4 rings (SSSR count). The molecule has 0 radical (unpaired) electrons. The quantitative estimate of drug-likeness (QED) is 0.739. The smallest absolute Gasteiger partial charge is 0.263 e. The van der Waals surface area contributed by atoms with E-state index in [0.717, 1.165) is 10.5 Å². The van der Waals surface area contributed by atoms with Crippen molar-refractivity contribution in [1.29, 1.82) is 0 Å². The fourth-order valence-corrected chi connectivity index (χ4v) is 4.77. The molecule has 2 aliphatic rings. The topological polar surface area (TPSA) is 66.8 Å². The van der Waals surface area contributed by atoms with Crippen molar-refractivity contribution >= 4 is 51.8 Å². The van der Waals surface area contributed by atoms with Gasteiger partial charge in [-0.05, 0) is 25.1 Å². The predicted octanol–water partition coefficient (Wildman–Crippen LogP) is 3.70. The lowest BCUT2D eigenvalue weighted by molar-refractivity contribution is -0.127. The molecule has 1 saturated heterocycles. The highest BCUT2D eigenvalue weighted by Gasteiger charge is 2.56. The summed E-state index contributed by atoms with van der Waals surface area (Å²) in [5, 5.41) is 1.01. The van der Waals surface area contributed by atoms with Crippen molar-refractivity contribution in [2.24, 2.45) is 10.9 Å². The SMILES string of the molecule is C[C@@]1([C@@H]2CC(=O)N(c3cccc(Cl)c3)C2=O)SC(c2ccccc2)=NC1=O. The maximum absolute atomic E-state index is 13.1. The summed E-state index contributed by atoms with van der Waals surface area (Å²) in [7, 11) is 0. The van der Waals surface area contributed by atoms with Gasteiger partial charge in [-0.25, -0.2) is 4.99 Å². The van der Waals surface area contributed by atoms with Gasteiger partial charge in [-0.1, -0.05) is 59.8 Å². The zero-order chi connectivity index (χ0) is 19.2.